The number of hydrogen-bond acceptors (Lipinski definition) is 5. The number of guanidine groups is 1. The van der Waals surface area contributed by atoms with E-state index in [-0.39, 0.29) is 36.3 Å². The molecular formula is C17H36IN5O2S2. The van der Waals surface area contributed by atoms with E-state index in [1.807, 2.05) is 18.7 Å². The van der Waals surface area contributed by atoms with Crippen molar-refractivity contribution in [1.82, 2.24) is 19.8 Å². The third-order valence-corrected chi connectivity index (χ3v) is 7.81. The van der Waals surface area contributed by atoms with Crippen molar-refractivity contribution in [2.45, 2.75) is 39.8 Å². The highest BCUT2D eigenvalue weighted by Crippen LogP contribution is 2.18. The molecule has 0 aromatic rings. The fourth-order valence-corrected chi connectivity index (χ4v) is 5.79. The lowest BCUT2D eigenvalue weighted by Gasteiger charge is -2.25. The number of nitrogens with one attached hydrogen (secondary N) is 2. The SMILES string of the molecule is CCNC(=NCCS(=O)(=O)N1CCSCC1)NC1CN(C(C)C)CC1C.I. The summed E-state index contributed by atoms with van der Waals surface area (Å²) in [7, 11) is -3.20. The van der Waals surface area contributed by atoms with Crippen LogP contribution in [0.5, 0.6) is 0 Å². The molecule has 0 bridgehead atoms. The number of likely N-dealkylation sites (tertiary alicyclic amines) is 1. The topological polar surface area (TPSA) is 77.0 Å². The van der Waals surface area contributed by atoms with Crippen molar-refractivity contribution in [1.29, 1.82) is 0 Å². The molecule has 0 spiro atoms. The van der Waals surface area contributed by atoms with Gasteiger partial charge >= 0.3 is 0 Å². The number of sulfonamides is 1. The smallest absolute Gasteiger partial charge is 0.215 e. The minimum absolute atomic E-state index is 0. The van der Waals surface area contributed by atoms with Crippen LogP contribution in [0.2, 0.25) is 0 Å². The molecule has 27 heavy (non-hydrogen) atoms. The van der Waals surface area contributed by atoms with E-state index in [4.69, 9.17) is 0 Å². The van der Waals surface area contributed by atoms with Crippen molar-refractivity contribution in [3.05, 3.63) is 0 Å². The monoisotopic (exact) mass is 533 g/mol. The molecule has 2 rings (SSSR count). The van der Waals surface area contributed by atoms with Gasteiger partial charge < -0.3 is 10.6 Å². The molecule has 2 fully saturated rings. The van der Waals surface area contributed by atoms with E-state index in [1.165, 1.54) is 0 Å². The van der Waals surface area contributed by atoms with E-state index in [2.05, 4.69) is 41.3 Å². The molecule has 10 heteroatoms. The molecule has 2 heterocycles. The van der Waals surface area contributed by atoms with Crippen LogP contribution in [0.1, 0.15) is 27.7 Å². The van der Waals surface area contributed by atoms with Gasteiger partial charge in [0.25, 0.3) is 0 Å². The van der Waals surface area contributed by atoms with Crippen molar-refractivity contribution < 1.29 is 8.42 Å². The van der Waals surface area contributed by atoms with Crippen LogP contribution in [0.25, 0.3) is 0 Å². The van der Waals surface area contributed by atoms with Crippen LogP contribution in [0.4, 0.5) is 0 Å². The molecule has 2 atom stereocenters. The van der Waals surface area contributed by atoms with Gasteiger partial charge in [-0.1, -0.05) is 6.92 Å². The largest absolute Gasteiger partial charge is 0.357 e. The van der Waals surface area contributed by atoms with Crippen LogP contribution in [0, 0.1) is 5.92 Å². The van der Waals surface area contributed by atoms with E-state index in [1.54, 1.807) is 4.31 Å². The number of aliphatic imine (C=N–C) groups is 1. The molecule has 2 N–H and O–H groups in total. The normalized spacial score (nSPS) is 25.4. The summed E-state index contributed by atoms with van der Waals surface area (Å²) in [6.07, 6.45) is 0. The first-order valence-electron chi connectivity index (χ1n) is 9.68. The maximum absolute atomic E-state index is 12.4. The molecule has 160 valence electrons. The molecular weight excluding hydrogens is 497 g/mol. The average molecular weight is 534 g/mol. The summed E-state index contributed by atoms with van der Waals surface area (Å²) in [6, 6.07) is 0.877. The van der Waals surface area contributed by atoms with Gasteiger partial charge in [0.05, 0.1) is 12.3 Å². The Hall–Kier alpha value is 0.220. The third-order valence-electron chi connectivity index (χ3n) is 5.02. The predicted octanol–water partition coefficient (Wildman–Crippen LogP) is 1.27. The van der Waals surface area contributed by atoms with Gasteiger partial charge in [0.1, 0.15) is 0 Å². The van der Waals surface area contributed by atoms with Crippen molar-refractivity contribution in [2.24, 2.45) is 10.9 Å². The Bertz CT molecular complexity index is 568. The lowest BCUT2D eigenvalue weighted by Crippen LogP contribution is -2.47. The second-order valence-electron chi connectivity index (χ2n) is 7.36. The average Bonchev–Trinajstić information content (AvgIpc) is 2.97. The zero-order valence-corrected chi connectivity index (χ0v) is 20.9. The highest BCUT2D eigenvalue weighted by atomic mass is 127. The number of hydrogen-bond donors (Lipinski definition) is 2. The Morgan fingerprint density at radius 1 is 1.26 bits per heavy atom. The van der Waals surface area contributed by atoms with Gasteiger partial charge in [0.15, 0.2) is 5.96 Å². The molecule has 0 aromatic carbocycles. The Morgan fingerprint density at radius 3 is 2.48 bits per heavy atom. The first-order valence-corrected chi connectivity index (χ1v) is 12.4. The summed E-state index contributed by atoms with van der Waals surface area (Å²) < 4.78 is 26.5. The Balaban J connectivity index is 0.00000364. The van der Waals surface area contributed by atoms with Gasteiger partial charge in [-0.3, -0.25) is 9.89 Å². The fraction of sp³-hybridized carbons (Fsp3) is 0.941. The minimum atomic E-state index is -3.20. The van der Waals surface area contributed by atoms with Crippen LogP contribution in [-0.2, 0) is 10.0 Å². The lowest BCUT2D eigenvalue weighted by atomic mass is 10.1. The van der Waals surface area contributed by atoms with Crippen LogP contribution >= 0.6 is 35.7 Å². The number of halogens is 1. The van der Waals surface area contributed by atoms with Crippen molar-refractivity contribution in [3.63, 3.8) is 0 Å². The van der Waals surface area contributed by atoms with Crippen LogP contribution < -0.4 is 10.6 Å². The van der Waals surface area contributed by atoms with E-state index in [0.29, 0.717) is 31.1 Å². The predicted molar refractivity (Wildman–Crippen MR) is 127 cm³/mol. The second kappa shape index (κ2) is 12.0. The summed E-state index contributed by atoms with van der Waals surface area (Å²) in [4.78, 5) is 6.99. The number of thioether (sulfide) groups is 1. The standard InChI is InChI=1S/C17H35N5O2S2.HI/c1-5-18-17(20-16-13-21(14(2)3)12-15(16)4)19-6-11-26(23,24)22-7-9-25-10-8-22;/h14-16H,5-13H2,1-4H3,(H2,18,19,20);1H. The van der Waals surface area contributed by atoms with E-state index >= 15 is 0 Å². The van der Waals surface area contributed by atoms with Gasteiger partial charge in [0.2, 0.25) is 10.0 Å². The summed E-state index contributed by atoms with van der Waals surface area (Å²) in [6.45, 7) is 13.1. The van der Waals surface area contributed by atoms with E-state index in [9.17, 15) is 8.42 Å². The van der Waals surface area contributed by atoms with Gasteiger partial charge in [-0.2, -0.15) is 11.8 Å². The summed E-state index contributed by atoms with van der Waals surface area (Å²) in [5.74, 6) is 3.11. The Morgan fingerprint density at radius 2 is 1.93 bits per heavy atom. The molecule has 0 radical (unpaired) electrons. The molecule has 0 aliphatic carbocycles. The fourth-order valence-electron chi connectivity index (χ4n) is 3.34. The maximum Gasteiger partial charge on any atom is 0.215 e. The molecule has 0 amide bonds. The zero-order chi connectivity index (χ0) is 19.2. The highest BCUT2D eigenvalue weighted by Gasteiger charge is 2.31. The number of nitrogens with zero attached hydrogens (tertiary/aromatic N) is 3. The molecule has 2 saturated heterocycles. The minimum Gasteiger partial charge on any atom is -0.357 e. The molecule has 7 nitrogen and oxygen atoms in total. The van der Waals surface area contributed by atoms with Gasteiger partial charge in [0, 0.05) is 56.3 Å². The van der Waals surface area contributed by atoms with Gasteiger partial charge in [-0.05, 0) is 26.7 Å². The summed E-state index contributed by atoms with van der Waals surface area (Å²) in [5, 5.41) is 6.75. The summed E-state index contributed by atoms with van der Waals surface area (Å²) in [5.41, 5.74) is 0. The van der Waals surface area contributed by atoms with Crippen molar-refractivity contribution in [2.75, 3.05) is 56.5 Å². The van der Waals surface area contributed by atoms with Gasteiger partial charge in [-0.15, -0.1) is 24.0 Å². The quantitative estimate of drug-likeness (QED) is 0.292. The van der Waals surface area contributed by atoms with Gasteiger partial charge in [-0.25, -0.2) is 12.7 Å². The van der Waals surface area contributed by atoms with E-state index < -0.39 is 10.0 Å². The molecule has 2 aliphatic rings. The number of rotatable bonds is 7. The van der Waals surface area contributed by atoms with Crippen LogP contribution in [-0.4, -0.2) is 92.2 Å². The summed E-state index contributed by atoms with van der Waals surface area (Å²) >= 11 is 1.81. The molecule has 2 aliphatic heterocycles. The van der Waals surface area contributed by atoms with E-state index in [0.717, 1.165) is 37.1 Å². The third kappa shape index (κ3) is 7.87. The zero-order valence-electron chi connectivity index (χ0n) is 17.0. The lowest BCUT2D eigenvalue weighted by molar-refractivity contribution is 0.265. The first kappa shape index (κ1) is 25.3. The Labute approximate surface area is 186 Å². The van der Waals surface area contributed by atoms with Crippen LogP contribution in [0.3, 0.4) is 0 Å². The first-order chi connectivity index (χ1) is 12.3. The molecule has 0 saturated carbocycles. The van der Waals surface area contributed by atoms with Crippen molar-refractivity contribution in [3.8, 4) is 0 Å². The molecule has 2 unspecified atom stereocenters. The second-order valence-corrected chi connectivity index (χ2v) is 10.7. The molecule has 0 aromatic heterocycles. The Kier molecular flexibility index (Phi) is 11.3. The maximum atomic E-state index is 12.4. The van der Waals surface area contributed by atoms with Crippen LogP contribution in [0.15, 0.2) is 4.99 Å². The van der Waals surface area contributed by atoms with Crippen molar-refractivity contribution >= 4 is 51.7 Å². The highest BCUT2D eigenvalue weighted by molar-refractivity contribution is 14.0.